The van der Waals surface area contributed by atoms with Crippen LogP contribution in [-0.2, 0) is 21.5 Å². The van der Waals surface area contributed by atoms with Crippen LogP contribution in [0.1, 0.15) is 24.5 Å². The molecule has 0 aliphatic heterocycles. The topological polar surface area (TPSA) is 41.6 Å². The van der Waals surface area contributed by atoms with Crippen molar-refractivity contribution in [3.63, 3.8) is 0 Å². The summed E-state index contributed by atoms with van der Waals surface area (Å²) in [5.74, 6) is -0.554. The SMILES string of the molecule is CCOC(=O)C1(NCCN(C)C)CCc2c(F)cccc21. The summed E-state index contributed by atoms with van der Waals surface area (Å²) in [6.45, 7) is 3.54. The Balaban J connectivity index is 2.31. The highest BCUT2D eigenvalue weighted by Crippen LogP contribution is 2.39. The Hall–Kier alpha value is -1.46. The molecule has 1 unspecified atom stereocenters. The Bertz CT molecular complexity index is 519. The van der Waals surface area contributed by atoms with Gasteiger partial charge in [0.05, 0.1) is 6.61 Å². The number of benzene rings is 1. The van der Waals surface area contributed by atoms with Crippen LogP contribution in [0, 0.1) is 5.82 Å². The monoisotopic (exact) mass is 294 g/mol. The Morgan fingerprint density at radius 2 is 2.24 bits per heavy atom. The number of likely N-dealkylation sites (N-methyl/N-ethyl adjacent to an activating group) is 1. The summed E-state index contributed by atoms with van der Waals surface area (Å²) in [4.78, 5) is 14.5. The van der Waals surface area contributed by atoms with Gasteiger partial charge in [-0.05, 0) is 51.1 Å². The number of nitrogens with zero attached hydrogens (tertiary/aromatic N) is 1. The first-order valence-electron chi connectivity index (χ1n) is 7.36. The van der Waals surface area contributed by atoms with Gasteiger partial charge in [0, 0.05) is 13.1 Å². The van der Waals surface area contributed by atoms with Gasteiger partial charge in [-0.2, -0.15) is 0 Å². The molecule has 2 rings (SSSR count). The Morgan fingerprint density at radius 1 is 1.48 bits per heavy atom. The van der Waals surface area contributed by atoms with Crippen LogP contribution in [0.3, 0.4) is 0 Å². The molecule has 4 nitrogen and oxygen atoms in total. The third-order valence-electron chi connectivity index (χ3n) is 3.94. The number of ether oxygens (including phenoxy) is 1. The number of nitrogens with one attached hydrogen (secondary N) is 1. The molecule has 1 aliphatic carbocycles. The molecule has 116 valence electrons. The number of hydrogen-bond acceptors (Lipinski definition) is 4. The maximum atomic E-state index is 13.9. The minimum absolute atomic E-state index is 0.243. The van der Waals surface area contributed by atoms with Crippen LogP contribution in [0.5, 0.6) is 0 Å². The molecule has 1 N–H and O–H groups in total. The highest BCUT2D eigenvalue weighted by Gasteiger charge is 2.47. The molecule has 1 aliphatic rings. The van der Waals surface area contributed by atoms with Crippen LogP contribution < -0.4 is 5.32 Å². The van der Waals surface area contributed by atoms with E-state index in [-0.39, 0.29) is 11.8 Å². The lowest BCUT2D eigenvalue weighted by Crippen LogP contribution is -2.50. The first kappa shape index (κ1) is 15.9. The second-order valence-corrected chi connectivity index (χ2v) is 5.62. The summed E-state index contributed by atoms with van der Waals surface area (Å²) < 4.78 is 19.2. The van der Waals surface area contributed by atoms with E-state index in [1.807, 2.05) is 25.1 Å². The number of hydrogen-bond donors (Lipinski definition) is 1. The van der Waals surface area contributed by atoms with Crippen LogP contribution in [0.25, 0.3) is 0 Å². The van der Waals surface area contributed by atoms with Crippen LogP contribution >= 0.6 is 0 Å². The number of rotatable bonds is 6. The number of fused-ring (bicyclic) bond motifs is 1. The fraction of sp³-hybridized carbons (Fsp3) is 0.562. The summed E-state index contributed by atoms with van der Waals surface area (Å²) in [5, 5.41) is 3.31. The van der Waals surface area contributed by atoms with Crippen molar-refractivity contribution in [3.8, 4) is 0 Å². The Labute approximate surface area is 125 Å². The highest BCUT2D eigenvalue weighted by molar-refractivity contribution is 5.84. The largest absolute Gasteiger partial charge is 0.464 e. The van der Waals surface area contributed by atoms with E-state index >= 15 is 0 Å². The quantitative estimate of drug-likeness (QED) is 0.811. The number of carbonyl (C=O) groups is 1. The van der Waals surface area contributed by atoms with E-state index in [0.29, 0.717) is 31.6 Å². The normalized spacial score (nSPS) is 20.6. The molecule has 0 heterocycles. The zero-order valence-corrected chi connectivity index (χ0v) is 12.9. The fourth-order valence-electron chi connectivity index (χ4n) is 2.87. The third-order valence-corrected chi connectivity index (χ3v) is 3.94. The predicted molar refractivity (Wildman–Crippen MR) is 79.6 cm³/mol. The molecule has 0 bridgehead atoms. The molecule has 0 aromatic heterocycles. The minimum atomic E-state index is -0.913. The molecular formula is C16H23FN2O2. The molecule has 0 spiro atoms. The number of halogens is 1. The van der Waals surface area contributed by atoms with E-state index in [9.17, 15) is 9.18 Å². The average molecular weight is 294 g/mol. The van der Waals surface area contributed by atoms with Crippen molar-refractivity contribution in [1.82, 2.24) is 10.2 Å². The van der Waals surface area contributed by atoms with Crippen LogP contribution in [0.2, 0.25) is 0 Å². The van der Waals surface area contributed by atoms with Gasteiger partial charge >= 0.3 is 5.97 Å². The molecule has 0 fully saturated rings. The Morgan fingerprint density at radius 3 is 2.90 bits per heavy atom. The third kappa shape index (κ3) is 3.09. The van der Waals surface area contributed by atoms with Gasteiger partial charge in [0.1, 0.15) is 11.4 Å². The van der Waals surface area contributed by atoms with E-state index in [0.717, 1.165) is 12.1 Å². The molecule has 0 saturated heterocycles. The van der Waals surface area contributed by atoms with Gasteiger partial charge in [-0.25, -0.2) is 9.18 Å². The second-order valence-electron chi connectivity index (χ2n) is 5.62. The van der Waals surface area contributed by atoms with Crippen molar-refractivity contribution >= 4 is 5.97 Å². The lowest BCUT2D eigenvalue weighted by molar-refractivity contribution is -0.151. The number of carbonyl (C=O) groups excluding carboxylic acids is 1. The fourth-order valence-corrected chi connectivity index (χ4v) is 2.87. The molecule has 1 aromatic carbocycles. The van der Waals surface area contributed by atoms with Gasteiger partial charge in [-0.1, -0.05) is 12.1 Å². The van der Waals surface area contributed by atoms with E-state index in [1.54, 1.807) is 13.0 Å². The molecule has 0 radical (unpaired) electrons. The highest BCUT2D eigenvalue weighted by atomic mass is 19.1. The van der Waals surface area contributed by atoms with Gasteiger partial charge in [-0.15, -0.1) is 0 Å². The van der Waals surface area contributed by atoms with Gasteiger partial charge in [0.15, 0.2) is 0 Å². The number of esters is 1. The van der Waals surface area contributed by atoms with Crippen molar-refractivity contribution in [3.05, 3.63) is 35.1 Å². The lowest BCUT2D eigenvalue weighted by atomic mass is 9.91. The van der Waals surface area contributed by atoms with Crippen molar-refractivity contribution in [2.75, 3.05) is 33.8 Å². The van der Waals surface area contributed by atoms with Crippen molar-refractivity contribution in [2.45, 2.75) is 25.3 Å². The first-order valence-corrected chi connectivity index (χ1v) is 7.36. The molecule has 21 heavy (non-hydrogen) atoms. The van der Waals surface area contributed by atoms with Gasteiger partial charge < -0.3 is 9.64 Å². The molecule has 0 amide bonds. The lowest BCUT2D eigenvalue weighted by Gasteiger charge is -2.30. The molecule has 0 saturated carbocycles. The Kier molecular flexibility index (Phi) is 4.96. The van der Waals surface area contributed by atoms with Gasteiger partial charge in [0.2, 0.25) is 0 Å². The van der Waals surface area contributed by atoms with E-state index in [2.05, 4.69) is 5.32 Å². The molecule has 5 heteroatoms. The van der Waals surface area contributed by atoms with Gasteiger partial charge in [0.25, 0.3) is 0 Å². The molecule has 1 aromatic rings. The maximum absolute atomic E-state index is 13.9. The van der Waals surface area contributed by atoms with Crippen LogP contribution in [0.4, 0.5) is 4.39 Å². The van der Waals surface area contributed by atoms with E-state index in [4.69, 9.17) is 4.74 Å². The van der Waals surface area contributed by atoms with Crippen molar-refractivity contribution in [1.29, 1.82) is 0 Å². The second kappa shape index (κ2) is 6.54. The van der Waals surface area contributed by atoms with E-state index < -0.39 is 5.54 Å². The van der Waals surface area contributed by atoms with Crippen molar-refractivity contribution in [2.24, 2.45) is 0 Å². The summed E-state index contributed by atoms with van der Waals surface area (Å²) in [5.41, 5.74) is 0.436. The van der Waals surface area contributed by atoms with E-state index in [1.165, 1.54) is 6.07 Å². The minimum Gasteiger partial charge on any atom is -0.464 e. The standard InChI is InChI=1S/C16H23FN2O2/c1-4-21-15(20)16(18-10-11-19(2)3)9-8-12-13(16)6-5-7-14(12)17/h5-7,18H,4,8-11H2,1-3H3. The molecular weight excluding hydrogens is 271 g/mol. The van der Waals surface area contributed by atoms with Crippen LogP contribution in [-0.4, -0.2) is 44.7 Å². The summed E-state index contributed by atoms with van der Waals surface area (Å²) >= 11 is 0. The van der Waals surface area contributed by atoms with Crippen molar-refractivity contribution < 1.29 is 13.9 Å². The summed E-state index contributed by atoms with van der Waals surface area (Å²) in [7, 11) is 3.95. The zero-order valence-electron chi connectivity index (χ0n) is 12.9. The zero-order chi connectivity index (χ0) is 15.5. The maximum Gasteiger partial charge on any atom is 0.331 e. The smallest absolute Gasteiger partial charge is 0.331 e. The first-order chi connectivity index (χ1) is 10.0. The van der Waals surface area contributed by atoms with Crippen LogP contribution in [0.15, 0.2) is 18.2 Å². The summed E-state index contributed by atoms with van der Waals surface area (Å²) in [6.07, 6.45) is 1.09. The molecule has 1 atom stereocenters. The average Bonchev–Trinajstić information content (AvgIpc) is 2.80. The predicted octanol–water partition coefficient (Wildman–Crippen LogP) is 1.68. The summed E-state index contributed by atoms with van der Waals surface area (Å²) in [6, 6.07) is 4.92. The van der Waals surface area contributed by atoms with Gasteiger partial charge in [-0.3, -0.25) is 5.32 Å².